The number of halogens is 1. The molecule has 0 aromatic carbocycles. The van der Waals surface area contributed by atoms with E-state index >= 15 is 0 Å². The Morgan fingerprint density at radius 1 is 0.964 bits per heavy atom. The third kappa shape index (κ3) is 4.03. The van der Waals surface area contributed by atoms with Crippen molar-refractivity contribution < 1.29 is 9.18 Å². The van der Waals surface area contributed by atoms with Crippen LogP contribution >= 0.6 is 0 Å². The Kier molecular flexibility index (Phi) is 5.05. The summed E-state index contributed by atoms with van der Waals surface area (Å²) in [5.41, 5.74) is 0.569. The number of carbonyl (C=O) groups excluding carboxylic acids is 1. The minimum atomic E-state index is -0.566. The molecule has 1 aliphatic heterocycles. The highest BCUT2D eigenvalue weighted by Crippen LogP contribution is 2.17. The fraction of sp³-hybridized carbons (Fsp3) is 0.211. The van der Waals surface area contributed by atoms with Crippen molar-refractivity contribution in [2.75, 3.05) is 41.3 Å². The number of hydrogen-bond donors (Lipinski definition) is 1. The average Bonchev–Trinajstić information content (AvgIpc) is 2.75. The summed E-state index contributed by atoms with van der Waals surface area (Å²) in [6.07, 6.45) is 7.21. The van der Waals surface area contributed by atoms with Gasteiger partial charge in [-0.25, -0.2) is 19.3 Å². The van der Waals surface area contributed by atoms with Gasteiger partial charge in [0.15, 0.2) is 0 Å². The molecule has 1 N–H and O–H groups in total. The number of piperazine rings is 1. The molecule has 1 aliphatic rings. The van der Waals surface area contributed by atoms with Gasteiger partial charge < -0.3 is 15.1 Å². The molecule has 4 rings (SSSR count). The maximum absolute atomic E-state index is 13.2. The van der Waals surface area contributed by atoms with Crippen LogP contribution in [0.2, 0.25) is 0 Å². The molecule has 0 atom stereocenters. The number of rotatable bonds is 4. The molecule has 3 aromatic rings. The molecular weight excluding hydrogens is 361 g/mol. The molecule has 28 heavy (non-hydrogen) atoms. The summed E-state index contributed by atoms with van der Waals surface area (Å²) in [4.78, 5) is 33.2. The molecule has 0 unspecified atom stereocenters. The lowest BCUT2D eigenvalue weighted by Gasteiger charge is -2.35. The Morgan fingerprint density at radius 2 is 1.71 bits per heavy atom. The Labute approximate surface area is 161 Å². The van der Waals surface area contributed by atoms with E-state index in [1.165, 1.54) is 18.6 Å². The molecule has 142 valence electrons. The molecule has 1 saturated heterocycles. The molecule has 0 aliphatic carbocycles. The van der Waals surface area contributed by atoms with Crippen LogP contribution in [0.15, 0.2) is 55.2 Å². The first-order valence-corrected chi connectivity index (χ1v) is 8.84. The van der Waals surface area contributed by atoms with Gasteiger partial charge in [0, 0.05) is 38.6 Å². The fourth-order valence-corrected chi connectivity index (χ4v) is 2.96. The van der Waals surface area contributed by atoms with Gasteiger partial charge in [0.1, 0.15) is 11.6 Å². The number of nitrogens with one attached hydrogen (secondary N) is 1. The zero-order valence-corrected chi connectivity index (χ0v) is 15.0. The predicted octanol–water partition coefficient (Wildman–Crippen LogP) is 1.98. The van der Waals surface area contributed by atoms with E-state index in [1.807, 2.05) is 18.2 Å². The first-order chi connectivity index (χ1) is 13.7. The number of amides is 1. The first-order valence-electron chi connectivity index (χ1n) is 8.84. The summed E-state index contributed by atoms with van der Waals surface area (Å²) in [7, 11) is 0. The van der Waals surface area contributed by atoms with Crippen LogP contribution in [0.25, 0.3) is 0 Å². The van der Waals surface area contributed by atoms with Crippen LogP contribution in [0.5, 0.6) is 0 Å². The van der Waals surface area contributed by atoms with Gasteiger partial charge in [-0.3, -0.25) is 9.78 Å². The summed E-state index contributed by atoms with van der Waals surface area (Å²) in [6, 6.07) is 7.00. The van der Waals surface area contributed by atoms with Crippen molar-refractivity contribution in [1.82, 2.24) is 19.9 Å². The first kappa shape index (κ1) is 17.8. The van der Waals surface area contributed by atoms with E-state index in [9.17, 15) is 9.18 Å². The number of pyridine rings is 2. The quantitative estimate of drug-likeness (QED) is 0.742. The highest BCUT2D eigenvalue weighted by atomic mass is 19.1. The second kappa shape index (κ2) is 7.95. The molecule has 8 nitrogen and oxygen atoms in total. The van der Waals surface area contributed by atoms with E-state index < -0.39 is 11.7 Å². The number of nitrogens with zero attached hydrogens (tertiary/aromatic N) is 6. The molecule has 0 saturated carbocycles. The normalized spacial score (nSPS) is 14.0. The van der Waals surface area contributed by atoms with Crippen molar-refractivity contribution in [3.05, 3.63) is 66.6 Å². The van der Waals surface area contributed by atoms with Crippen LogP contribution in [0.4, 0.5) is 21.8 Å². The minimum Gasteiger partial charge on any atom is -0.353 e. The average molecular weight is 379 g/mol. The van der Waals surface area contributed by atoms with Crippen LogP contribution in [-0.2, 0) is 0 Å². The fourth-order valence-electron chi connectivity index (χ4n) is 2.96. The number of carbonyl (C=O) groups is 1. The largest absolute Gasteiger partial charge is 0.353 e. The second-order valence-electron chi connectivity index (χ2n) is 6.28. The molecule has 4 heterocycles. The lowest BCUT2D eigenvalue weighted by molar-refractivity contribution is 0.102. The molecule has 9 heteroatoms. The summed E-state index contributed by atoms with van der Waals surface area (Å²) in [5.74, 6) is 0.537. The van der Waals surface area contributed by atoms with Crippen molar-refractivity contribution in [3.63, 3.8) is 0 Å². The Bertz CT molecular complexity index is 944. The predicted molar refractivity (Wildman–Crippen MR) is 103 cm³/mol. The Hall–Kier alpha value is -3.62. The van der Waals surface area contributed by atoms with Gasteiger partial charge in [-0.2, -0.15) is 0 Å². The second-order valence-corrected chi connectivity index (χ2v) is 6.28. The lowest BCUT2D eigenvalue weighted by Crippen LogP contribution is -2.47. The van der Waals surface area contributed by atoms with Gasteiger partial charge in [-0.05, 0) is 18.2 Å². The molecule has 0 spiro atoms. The standard InChI is InChI=1S/C19H18FN7O/c20-15-9-14(10-21-11-15)18(28)25-16-12-23-19(24-13-16)27-7-5-26(6-8-27)17-3-1-2-4-22-17/h1-4,9-13H,5-8H2,(H,25,28). The topological polar surface area (TPSA) is 87.1 Å². The van der Waals surface area contributed by atoms with Crippen molar-refractivity contribution in [2.24, 2.45) is 0 Å². The summed E-state index contributed by atoms with van der Waals surface area (Å²) in [6.45, 7) is 3.20. The van der Waals surface area contributed by atoms with E-state index in [-0.39, 0.29) is 5.56 Å². The van der Waals surface area contributed by atoms with E-state index in [0.29, 0.717) is 11.6 Å². The Balaban J connectivity index is 1.35. The van der Waals surface area contributed by atoms with Crippen LogP contribution in [0.1, 0.15) is 10.4 Å². The highest BCUT2D eigenvalue weighted by molar-refractivity contribution is 6.03. The monoisotopic (exact) mass is 379 g/mol. The molecular formula is C19H18FN7O. The van der Waals surface area contributed by atoms with Crippen molar-refractivity contribution in [3.8, 4) is 0 Å². The lowest BCUT2D eigenvalue weighted by atomic mass is 10.2. The van der Waals surface area contributed by atoms with Gasteiger partial charge in [-0.1, -0.05) is 6.07 Å². The zero-order chi connectivity index (χ0) is 19.3. The van der Waals surface area contributed by atoms with Gasteiger partial charge in [0.05, 0.1) is 29.8 Å². The summed E-state index contributed by atoms with van der Waals surface area (Å²) >= 11 is 0. The number of aromatic nitrogens is 4. The maximum Gasteiger partial charge on any atom is 0.257 e. The van der Waals surface area contributed by atoms with E-state index in [4.69, 9.17) is 0 Å². The van der Waals surface area contributed by atoms with Crippen LogP contribution < -0.4 is 15.1 Å². The van der Waals surface area contributed by atoms with E-state index in [0.717, 1.165) is 44.3 Å². The van der Waals surface area contributed by atoms with Crippen molar-refractivity contribution >= 4 is 23.4 Å². The molecule has 0 bridgehead atoms. The number of hydrogen-bond acceptors (Lipinski definition) is 7. The summed E-state index contributed by atoms with van der Waals surface area (Å²) in [5, 5.41) is 2.64. The van der Waals surface area contributed by atoms with Crippen LogP contribution in [0, 0.1) is 5.82 Å². The Morgan fingerprint density at radius 3 is 2.39 bits per heavy atom. The van der Waals surface area contributed by atoms with Gasteiger partial charge in [-0.15, -0.1) is 0 Å². The van der Waals surface area contributed by atoms with Gasteiger partial charge in [0.25, 0.3) is 5.91 Å². The van der Waals surface area contributed by atoms with Crippen molar-refractivity contribution in [2.45, 2.75) is 0 Å². The van der Waals surface area contributed by atoms with Gasteiger partial charge >= 0.3 is 0 Å². The van der Waals surface area contributed by atoms with E-state index in [1.54, 1.807) is 6.20 Å². The molecule has 1 amide bonds. The SMILES string of the molecule is O=C(Nc1cnc(N2CCN(c3ccccn3)CC2)nc1)c1cncc(F)c1. The maximum atomic E-state index is 13.2. The summed E-state index contributed by atoms with van der Waals surface area (Å²) < 4.78 is 13.2. The highest BCUT2D eigenvalue weighted by Gasteiger charge is 2.20. The smallest absolute Gasteiger partial charge is 0.257 e. The van der Waals surface area contributed by atoms with Crippen molar-refractivity contribution in [1.29, 1.82) is 0 Å². The zero-order valence-electron chi connectivity index (χ0n) is 15.0. The minimum absolute atomic E-state index is 0.134. The molecule has 0 radical (unpaired) electrons. The molecule has 1 fully saturated rings. The third-order valence-corrected chi connectivity index (χ3v) is 4.40. The van der Waals surface area contributed by atoms with Crippen LogP contribution in [0.3, 0.4) is 0 Å². The van der Waals surface area contributed by atoms with Gasteiger partial charge in [0.2, 0.25) is 5.95 Å². The number of anilines is 3. The third-order valence-electron chi connectivity index (χ3n) is 4.40. The molecule has 3 aromatic heterocycles. The van der Waals surface area contributed by atoms with Crippen LogP contribution in [-0.4, -0.2) is 52.0 Å². The van der Waals surface area contributed by atoms with E-state index in [2.05, 4.69) is 35.1 Å².